The number of phenolic OH excluding ortho intramolecular Hbond substituents is 1. The van der Waals surface area contributed by atoms with Crippen LogP contribution >= 0.6 is 0 Å². The summed E-state index contributed by atoms with van der Waals surface area (Å²) in [5.41, 5.74) is 2.23. The van der Waals surface area contributed by atoms with Gasteiger partial charge in [-0.1, -0.05) is 19.1 Å². The Morgan fingerprint density at radius 1 is 1.29 bits per heavy atom. The molecule has 3 atom stereocenters. The summed E-state index contributed by atoms with van der Waals surface area (Å²) < 4.78 is 5.73. The molecule has 24 heavy (non-hydrogen) atoms. The van der Waals surface area contributed by atoms with Crippen LogP contribution in [0, 0.1) is 5.92 Å². The molecule has 0 saturated heterocycles. The molecule has 1 saturated carbocycles. The Morgan fingerprint density at radius 2 is 2.12 bits per heavy atom. The molecule has 0 amide bonds. The summed E-state index contributed by atoms with van der Waals surface area (Å²) in [6, 6.07) is 9.16. The number of Topliss-reactive ketones (excluding diaryl/α,β-unsaturated/α-hetero) is 1. The number of aromatic hydroxyl groups is 1. The summed E-state index contributed by atoms with van der Waals surface area (Å²) >= 11 is 0. The molecular weight excluding hydrogens is 304 g/mol. The van der Waals surface area contributed by atoms with Crippen LogP contribution in [0.4, 0.5) is 0 Å². The van der Waals surface area contributed by atoms with Gasteiger partial charge in [0.1, 0.15) is 5.75 Å². The minimum atomic E-state index is -0.450. The first-order chi connectivity index (χ1) is 11.5. The van der Waals surface area contributed by atoms with Crippen molar-refractivity contribution in [3.63, 3.8) is 0 Å². The molecule has 2 N–H and O–H groups in total. The Labute approximate surface area is 139 Å². The molecule has 1 fully saturated rings. The van der Waals surface area contributed by atoms with Crippen molar-refractivity contribution in [3.05, 3.63) is 52.8 Å². The van der Waals surface area contributed by atoms with E-state index in [2.05, 4.69) is 6.92 Å². The van der Waals surface area contributed by atoms with Crippen molar-refractivity contribution in [2.45, 2.75) is 31.3 Å². The highest BCUT2D eigenvalue weighted by molar-refractivity contribution is 6.13. The van der Waals surface area contributed by atoms with E-state index in [9.17, 15) is 15.0 Å². The lowest BCUT2D eigenvalue weighted by Gasteiger charge is -2.43. The third kappa shape index (κ3) is 1.54. The zero-order chi connectivity index (χ0) is 16.6. The molecule has 2 aromatic rings. The van der Waals surface area contributed by atoms with E-state index in [1.165, 1.54) is 0 Å². The van der Waals surface area contributed by atoms with Crippen molar-refractivity contribution in [1.29, 1.82) is 0 Å². The third-order valence-electron chi connectivity index (χ3n) is 6.06. The minimum Gasteiger partial charge on any atom is -0.507 e. The van der Waals surface area contributed by atoms with Gasteiger partial charge in [-0.3, -0.25) is 4.79 Å². The number of ether oxygens (including phenoxy) is 1. The number of carbonyl (C=O) groups is 1. The average molecular weight is 322 g/mol. The minimum absolute atomic E-state index is 0.0979. The molecule has 0 radical (unpaired) electrons. The molecule has 4 heteroatoms. The predicted octanol–water partition coefficient (Wildman–Crippen LogP) is 3.05. The van der Waals surface area contributed by atoms with Crippen LogP contribution in [0.25, 0.3) is 10.8 Å². The van der Waals surface area contributed by atoms with Gasteiger partial charge in [0.15, 0.2) is 5.76 Å². The molecular formula is C20H18O4. The van der Waals surface area contributed by atoms with Gasteiger partial charge in [0.25, 0.3) is 0 Å². The molecule has 3 aliphatic rings. The number of hydrogen-bond donors (Lipinski definition) is 2. The smallest absolute Gasteiger partial charge is 0.227 e. The summed E-state index contributed by atoms with van der Waals surface area (Å²) in [5.74, 6) is 0.463. The second-order valence-corrected chi connectivity index (χ2v) is 7.32. The number of aliphatic hydroxyl groups is 1. The first kappa shape index (κ1) is 14.1. The molecule has 0 spiro atoms. The maximum atomic E-state index is 13.0. The van der Waals surface area contributed by atoms with Crippen LogP contribution in [0.2, 0.25) is 0 Å². The molecule has 5 rings (SSSR count). The van der Waals surface area contributed by atoms with E-state index in [-0.39, 0.29) is 22.9 Å². The van der Waals surface area contributed by atoms with Crippen LogP contribution < -0.4 is 0 Å². The monoisotopic (exact) mass is 322 g/mol. The number of benzene rings is 2. The van der Waals surface area contributed by atoms with Crippen LogP contribution in [-0.4, -0.2) is 28.7 Å². The zero-order valence-electron chi connectivity index (χ0n) is 13.4. The number of aliphatic hydroxyl groups excluding tert-OH is 1. The highest BCUT2D eigenvalue weighted by Gasteiger charge is 2.53. The first-order valence-electron chi connectivity index (χ1n) is 8.37. The molecule has 3 unspecified atom stereocenters. The fourth-order valence-corrected chi connectivity index (χ4v) is 4.78. The van der Waals surface area contributed by atoms with E-state index in [1.807, 2.05) is 18.2 Å². The number of phenols is 1. The normalized spacial score (nSPS) is 31.0. The second-order valence-electron chi connectivity index (χ2n) is 7.32. The van der Waals surface area contributed by atoms with Crippen LogP contribution in [0.3, 0.4) is 0 Å². The lowest BCUT2D eigenvalue weighted by atomic mass is 9.59. The van der Waals surface area contributed by atoms with Crippen molar-refractivity contribution in [3.8, 4) is 5.75 Å². The van der Waals surface area contributed by atoms with Crippen LogP contribution in [-0.2, 0) is 10.2 Å². The van der Waals surface area contributed by atoms with E-state index in [1.54, 1.807) is 12.1 Å². The van der Waals surface area contributed by atoms with E-state index in [0.29, 0.717) is 24.4 Å². The Morgan fingerprint density at radius 3 is 2.96 bits per heavy atom. The highest BCUT2D eigenvalue weighted by atomic mass is 16.5. The third-order valence-corrected chi connectivity index (χ3v) is 6.06. The van der Waals surface area contributed by atoms with Gasteiger partial charge in [-0.2, -0.15) is 0 Å². The van der Waals surface area contributed by atoms with Gasteiger partial charge in [-0.05, 0) is 47.6 Å². The molecule has 2 aromatic carbocycles. The first-order valence-corrected chi connectivity index (χ1v) is 8.37. The fraction of sp³-hybridized carbons (Fsp3) is 0.350. The Kier molecular flexibility index (Phi) is 2.57. The summed E-state index contributed by atoms with van der Waals surface area (Å²) in [7, 11) is 0. The lowest BCUT2D eigenvalue weighted by Crippen LogP contribution is -2.43. The number of fused-ring (bicyclic) bond motifs is 3. The van der Waals surface area contributed by atoms with Crippen LogP contribution in [0.15, 0.2) is 41.7 Å². The fourth-order valence-electron chi connectivity index (χ4n) is 4.78. The van der Waals surface area contributed by atoms with Crippen molar-refractivity contribution in [1.82, 2.24) is 0 Å². The van der Waals surface area contributed by atoms with Gasteiger partial charge < -0.3 is 14.9 Å². The van der Waals surface area contributed by atoms with Crippen LogP contribution in [0.5, 0.6) is 5.75 Å². The van der Waals surface area contributed by atoms with Gasteiger partial charge in [-0.15, -0.1) is 0 Å². The Balaban J connectivity index is 1.84. The summed E-state index contributed by atoms with van der Waals surface area (Å²) in [4.78, 5) is 13.0. The van der Waals surface area contributed by atoms with Gasteiger partial charge >= 0.3 is 0 Å². The number of hydrogen-bond acceptors (Lipinski definition) is 4. The average Bonchev–Trinajstić information content (AvgIpc) is 3.03. The molecule has 0 bridgehead atoms. The molecule has 4 nitrogen and oxygen atoms in total. The van der Waals surface area contributed by atoms with Crippen LogP contribution in [0.1, 0.15) is 35.7 Å². The topological polar surface area (TPSA) is 66.8 Å². The highest BCUT2D eigenvalue weighted by Crippen LogP contribution is 2.55. The Hall–Kier alpha value is -2.33. The van der Waals surface area contributed by atoms with Crippen molar-refractivity contribution in [2.24, 2.45) is 5.92 Å². The molecule has 0 aromatic heterocycles. The van der Waals surface area contributed by atoms with E-state index >= 15 is 0 Å². The molecule has 122 valence electrons. The second kappa shape index (κ2) is 4.39. The van der Waals surface area contributed by atoms with Gasteiger partial charge in [-0.25, -0.2) is 0 Å². The van der Waals surface area contributed by atoms with Crippen molar-refractivity contribution in [2.75, 3.05) is 6.61 Å². The summed E-state index contributed by atoms with van der Waals surface area (Å²) in [6.07, 6.45) is 1.01. The molecule has 2 aliphatic carbocycles. The maximum absolute atomic E-state index is 13.0. The quantitative estimate of drug-likeness (QED) is 0.782. The molecule has 1 heterocycles. The molecule has 1 aliphatic heterocycles. The number of ketones is 1. The lowest BCUT2D eigenvalue weighted by molar-refractivity contribution is 0.0631. The van der Waals surface area contributed by atoms with Gasteiger partial charge in [0.05, 0.1) is 12.7 Å². The number of allylic oxidation sites excluding steroid dienone is 1. The van der Waals surface area contributed by atoms with E-state index in [4.69, 9.17) is 4.74 Å². The number of carbonyl (C=O) groups excluding carboxylic acids is 1. The van der Waals surface area contributed by atoms with E-state index in [0.717, 1.165) is 28.3 Å². The SMILES string of the molecule is CC12CCC(O)C3COC(=C31)C(=O)c1cc3cccc(O)c3cc12. The van der Waals surface area contributed by atoms with Gasteiger partial charge in [0.2, 0.25) is 5.78 Å². The zero-order valence-corrected chi connectivity index (χ0v) is 13.4. The van der Waals surface area contributed by atoms with Gasteiger partial charge in [0, 0.05) is 22.3 Å². The Bertz CT molecular complexity index is 942. The summed E-state index contributed by atoms with van der Waals surface area (Å²) in [5, 5.41) is 22.2. The standard InChI is InChI=1S/C20H18O4/c1-20-6-5-16(22)13-9-24-19(17(13)20)18(23)12-7-10-3-2-4-15(21)11(10)8-14(12)20/h2-4,7-8,13,16,21-22H,5-6,9H2,1H3. The largest absolute Gasteiger partial charge is 0.507 e. The predicted molar refractivity (Wildman–Crippen MR) is 89.0 cm³/mol. The number of rotatable bonds is 0. The van der Waals surface area contributed by atoms with Crippen molar-refractivity contribution < 1.29 is 19.7 Å². The van der Waals surface area contributed by atoms with E-state index < -0.39 is 6.10 Å². The summed E-state index contributed by atoms with van der Waals surface area (Å²) in [6.45, 7) is 2.51. The maximum Gasteiger partial charge on any atom is 0.227 e. The van der Waals surface area contributed by atoms with Crippen molar-refractivity contribution >= 4 is 16.6 Å².